The molecule has 0 radical (unpaired) electrons. The summed E-state index contributed by atoms with van der Waals surface area (Å²) < 4.78 is 0. The van der Waals surface area contributed by atoms with E-state index in [1.165, 1.54) is 11.8 Å². The smallest absolute Gasteiger partial charge is 0.0585 e. The normalized spacial score (nSPS) is 15.5. The molecule has 2 N–H and O–H groups in total. The van der Waals surface area contributed by atoms with Crippen molar-refractivity contribution >= 4 is 11.8 Å². The van der Waals surface area contributed by atoms with Crippen LogP contribution in [0.25, 0.3) is 0 Å². The van der Waals surface area contributed by atoms with Crippen LogP contribution in [0.2, 0.25) is 0 Å². The highest BCUT2D eigenvalue weighted by molar-refractivity contribution is 8.00. The molecule has 0 aromatic carbocycles. The van der Waals surface area contributed by atoms with Crippen LogP contribution in [0, 0.1) is 0 Å². The average molecular weight is 174 g/mol. The van der Waals surface area contributed by atoms with Crippen molar-refractivity contribution in [2.45, 2.75) is 10.5 Å². The molecule has 0 saturated heterocycles. The van der Waals surface area contributed by atoms with E-state index in [-0.39, 0.29) is 23.7 Å². The number of aliphatic hydroxyl groups is 2. The topological polar surface area (TPSA) is 40.5 Å². The van der Waals surface area contributed by atoms with Crippen molar-refractivity contribution < 1.29 is 10.2 Å². The van der Waals surface area contributed by atoms with Gasteiger partial charge in [0.2, 0.25) is 0 Å². The summed E-state index contributed by atoms with van der Waals surface area (Å²) in [5, 5.41) is 17.5. The Bertz CT molecular complexity index is 111. The summed E-state index contributed by atoms with van der Waals surface area (Å²) in [5.74, 6) is 0. The van der Waals surface area contributed by atoms with Crippen LogP contribution < -0.4 is 0 Å². The minimum absolute atomic E-state index is 0.00912. The highest BCUT2D eigenvalue weighted by Gasteiger charge is 2.09. The monoisotopic (exact) mass is 174 g/mol. The van der Waals surface area contributed by atoms with Crippen molar-refractivity contribution in [1.29, 1.82) is 0 Å². The molecule has 0 fully saturated rings. The van der Waals surface area contributed by atoms with Crippen LogP contribution in [0.4, 0.5) is 0 Å². The second-order valence-electron chi connectivity index (χ2n) is 2.05. The molecule has 0 rings (SSSR count). The number of hydrogen-bond acceptors (Lipinski definition) is 3. The third-order valence-electron chi connectivity index (χ3n) is 1.24. The van der Waals surface area contributed by atoms with Gasteiger partial charge in [-0.1, -0.05) is 12.2 Å². The van der Waals surface area contributed by atoms with Gasteiger partial charge in [0.05, 0.1) is 13.2 Å². The first-order valence-corrected chi connectivity index (χ1v) is 4.35. The Kier molecular flexibility index (Phi) is 6.31. The molecule has 0 aliphatic rings. The third-order valence-corrected chi connectivity index (χ3v) is 2.62. The van der Waals surface area contributed by atoms with E-state index in [1.807, 2.05) is 0 Å². The molecule has 64 valence electrons. The second kappa shape index (κ2) is 6.46. The van der Waals surface area contributed by atoms with Crippen LogP contribution in [0.3, 0.4) is 0 Å². The molecule has 0 aromatic rings. The third kappa shape index (κ3) is 4.24. The molecular formula is C8H14O2S. The molecule has 2 nitrogen and oxygen atoms in total. The van der Waals surface area contributed by atoms with Gasteiger partial charge in [-0.25, -0.2) is 0 Å². The summed E-state index contributed by atoms with van der Waals surface area (Å²) in [5.41, 5.74) is 0. The van der Waals surface area contributed by atoms with E-state index in [1.54, 1.807) is 12.2 Å². The van der Waals surface area contributed by atoms with Gasteiger partial charge >= 0.3 is 0 Å². The van der Waals surface area contributed by atoms with E-state index in [2.05, 4.69) is 13.2 Å². The number of thioether (sulfide) groups is 1. The van der Waals surface area contributed by atoms with Gasteiger partial charge in [-0.15, -0.1) is 24.9 Å². The lowest BCUT2D eigenvalue weighted by molar-refractivity contribution is 0.300. The van der Waals surface area contributed by atoms with Crippen molar-refractivity contribution in [2.24, 2.45) is 0 Å². The van der Waals surface area contributed by atoms with Crippen LogP contribution in [0.1, 0.15) is 0 Å². The minimum Gasteiger partial charge on any atom is -0.395 e. The van der Waals surface area contributed by atoms with Crippen LogP contribution >= 0.6 is 11.8 Å². The fraction of sp³-hybridized carbons (Fsp3) is 0.500. The fourth-order valence-corrected chi connectivity index (χ4v) is 1.41. The maximum Gasteiger partial charge on any atom is 0.0585 e. The van der Waals surface area contributed by atoms with Crippen LogP contribution in [-0.4, -0.2) is 33.9 Å². The van der Waals surface area contributed by atoms with Crippen LogP contribution in [-0.2, 0) is 0 Å². The average Bonchev–Trinajstić information content (AvgIpc) is 2.07. The highest BCUT2D eigenvalue weighted by Crippen LogP contribution is 2.18. The Morgan fingerprint density at radius 2 is 1.45 bits per heavy atom. The molecule has 0 spiro atoms. The van der Waals surface area contributed by atoms with Crippen molar-refractivity contribution in [3.8, 4) is 0 Å². The number of aliphatic hydroxyl groups excluding tert-OH is 2. The van der Waals surface area contributed by atoms with E-state index < -0.39 is 0 Å². The zero-order valence-corrected chi connectivity index (χ0v) is 7.26. The van der Waals surface area contributed by atoms with Crippen LogP contribution in [0.15, 0.2) is 25.3 Å². The number of rotatable bonds is 6. The predicted molar refractivity (Wildman–Crippen MR) is 49.7 cm³/mol. The lowest BCUT2D eigenvalue weighted by Crippen LogP contribution is -2.13. The molecule has 2 atom stereocenters. The van der Waals surface area contributed by atoms with Gasteiger partial charge in [0.25, 0.3) is 0 Å². The standard InChI is InChI=1S/C8H14O2S/c1-3-7(5-9)11-8(4-2)6-10/h3-4,7-10H,1-2,5-6H2. The van der Waals surface area contributed by atoms with E-state index in [9.17, 15) is 0 Å². The van der Waals surface area contributed by atoms with Gasteiger partial charge in [-0.2, -0.15) is 0 Å². The lowest BCUT2D eigenvalue weighted by Gasteiger charge is -2.13. The van der Waals surface area contributed by atoms with Gasteiger partial charge in [0.15, 0.2) is 0 Å². The summed E-state index contributed by atoms with van der Waals surface area (Å²) in [6.07, 6.45) is 3.33. The molecule has 0 aliphatic heterocycles. The molecule has 0 bridgehead atoms. The summed E-state index contributed by atoms with van der Waals surface area (Å²) in [6.45, 7) is 7.22. The van der Waals surface area contributed by atoms with Crippen molar-refractivity contribution in [3.63, 3.8) is 0 Å². The Balaban J connectivity index is 3.76. The summed E-state index contributed by atoms with van der Waals surface area (Å²) >= 11 is 1.45. The maximum atomic E-state index is 8.76. The van der Waals surface area contributed by atoms with E-state index in [4.69, 9.17) is 10.2 Å². The first kappa shape index (κ1) is 10.8. The summed E-state index contributed by atoms with van der Waals surface area (Å²) in [4.78, 5) is 0. The molecule has 11 heavy (non-hydrogen) atoms. The summed E-state index contributed by atoms with van der Waals surface area (Å²) in [7, 11) is 0. The van der Waals surface area contributed by atoms with E-state index in [0.717, 1.165) is 0 Å². The SMILES string of the molecule is C=CC(CO)SC(C=C)CO. The van der Waals surface area contributed by atoms with Crippen molar-refractivity contribution in [3.05, 3.63) is 25.3 Å². The Hall–Kier alpha value is -0.250. The molecule has 0 aliphatic carbocycles. The van der Waals surface area contributed by atoms with Crippen molar-refractivity contribution in [1.82, 2.24) is 0 Å². The van der Waals surface area contributed by atoms with Crippen molar-refractivity contribution in [2.75, 3.05) is 13.2 Å². The van der Waals surface area contributed by atoms with Gasteiger partial charge < -0.3 is 10.2 Å². The van der Waals surface area contributed by atoms with E-state index >= 15 is 0 Å². The second-order valence-corrected chi connectivity index (χ2v) is 3.53. The maximum absolute atomic E-state index is 8.76. The zero-order valence-electron chi connectivity index (χ0n) is 6.44. The molecule has 3 heteroatoms. The molecule has 2 unspecified atom stereocenters. The van der Waals surface area contributed by atoms with Crippen LogP contribution in [0.5, 0.6) is 0 Å². The lowest BCUT2D eigenvalue weighted by atomic mass is 10.4. The Labute approximate surface area is 71.6 Å². The highest BCUT2D eigenvalue weighted by atomic mass is 32.2. The summed E-state index contributed by atoms with van der Waals surface area (Å²) in [6, 6.07) is 0. The fourth-order valence-electron chi connectivity index (χ4n) is 0.571. The molecular weight excluding hydrogens is 160 g/mol. The first-order chi connectivity index (χ1) is 5.28. The minimum atomic E-state index is -0.00912. The molecule has 0 amide bonds. The molecule has 0 saturated carbocycles. The quantitative estimate of drug-likeness (QED) is 0.585. The first-order valence-electron chi connectivity index (χ1n) is 3.40. The Morgan fingerprint density at radius 1 is 1.09 bits per heavy atom. The largest absolute Gasteiger partial charge is 0.395 e. The van der Waals surface area contributed by atoms with E-state index in [0.29, 0.717) is 0 Å². The van der Waals surface area contributed by atoms with Gasteiger partial charge in [0.1, 0.15) is 0 Å². The Morgan fingerprint density at radius 3 is 1.64 bits per heavy atom. The van der Waals surface area contributed by atoms with Gasteiger partial charge in [0, 0.05) is 10.5 Å². The number of hydrogen-bond donors (Lipinski definition) is 2. The molecule has 0 aromatic heterocycles. The molecule has 0 heterocycles. The van der Waals surface area contributed by atoms with Gasteiger partial charge in [-0.05, 0) is 0 Å². The van der Waals surface area contributed by atoms with Gasteiger partial charge in [-0.3, -0.25) is 0 Å². The zero-order chi connectivity index (χ0) is 8.69. The predicted octanol–water partition coefficient (Wildman–Crippen LogP) is 0.813.